The van der Waals surface area contributed by atoms with Crippen LogP contribution >= 0.6 is 0 Å². The summed E-state index contributed by atoms with van der Waals surface area (Å²) in [6, 6.07) is 4.34. The topological polar surface area (TPSA) is 95.0 Å². The number of aliphatic carboxylic acids is 1. The molecule has 0 aliphatic rings. The lowest BCUT2D eigenvalue weighted by molar-refractivity contribution is -0.147. The van der Waals surface area contributed by atoms with Crippen molar-refractivity contribution in [1.82, 2.24) is 9.21 Å². The third-order valence-corrected chi connectivity index (χ3v) is 6.50. The molecule has 0 spiro atoms. The van der Waals surface area contributed by atoms with Crippen molar-refractivity contribution in [3.8, 4) is 0 Å². The molecule has 0 fully saturated rings. The number of carboxylic acids is 1. The summed E-state index contributed by atoms with van der Waals surface area (Å²) in [7, 11) is -2.31. The molecule has 140 valence electrons. The molecule has 7 nitrogen and oxygen atoms in total. The van der Waals surface area contributed by atoms with E-state index in [-0.39, 0.29) is 10.5 Å². The lowest BCUT2D eigenvalue weighted by Crippen LogP contribution is -2.50. The quantitative estimate of drug-likeness (QED) is 0.792. The molecule has 0 aromatic heterocycles. The molecular weight excluding hydrogens is 344 g/mol. The standard InChI is InChI=1S/C17H26N2O5S/c1-7-19(8-2)25(23,24)13-10-9-12(3)14(11-13)15(20)18(6)17(4,5)16(21)22/h9-11H,7-8H2,1-6H3,(H,21,22). The minimum Gasteiger partial charge on any atom is -0.480 e. The van der Waals surface area contributed by atoms with Crippen LogP contribution in [0.15, 0.2) is 23.1 Å². The Bertz CT molecular complexity index is 767. The van der Waals surface area contributed by atoms with Crippen molar-refractivity contribution in [1.29, 1.82) is 0 Å². The van der Waals surface area contributed by atoms with Gasteiger partial charge < -0.3 is 10.0 Å². The van der Waals surface area contributed by atoms with Crippen LogP contribution < -0.4 is 0 Å². The van der Waals surface area contributed by atoms with Crippen LogP contribution in [0.3, 0.4) is 0 Å². The van der Waals surface area contributed by atoms with Crippen molar-refractivity contribution < 1.29 is 23.1 Å². The van der Waals surface area contributed by atoms with Crippen molar-refractivity contribution in [2.45, 2.75) is 45.1 Å². The molecule has 0 saturated heterocycles. The number of likely N-dealkylation sites (N-methyl/N-ethyl adjacent to an activating group) is 1. The maximum atomic E-state index is 12.8. The minimum atomic E-state index is -3.71. The lowest BCUT2D eigenvalue weighted by atomic mass is 10.0. The van der Waals surface area contributed by atoms with E-state index < -0.39 is 27.4 Å². The van der Waals surface area contributed by atoms with Crippen LogP contribution in [0.4, 0.5) is 0 Å². The molecule has 8 heteroatoms. The SMILES string of the molecule is CCN(CC)S(=O)(=O)c1ccc(C)c(C(=O)N(C)C(C)(C)C(=O)O)c1. The van der Waals surface area contributed by atoms with Gasteiger partial charge >= 0.3 is 5.97 Å². The molecule has 25 heavy (non-hydrogen) atoms. The van der Waals surface area contributed by atoms with E-state index in [0.717, 1.165) is 4.90 Å². The van der Waals surface area contributed by atoms with Gasteiger partial charge in [-0.15, -0.1) is 0 Å². The predicted molar refractivity (Wildman–Crippen MR) is 95.1 cm³/mol. The van der Waals surface area contributed by atoms with Gasteiger partial charge in [-0.3, -0.25) is 4.79 Å². The van der Waals surface area contributed by atoms with Crippen LogP contribution in [0.25, 0.3) is 0 Å². The summed E-state index contributed by atoms with van der Waals surface area (Å²) in [5.74, 6) is -1.69. The van der Waals surface area contributed by atoms with Crippen LogP contribution in [0.2, 0.25) is 0 Å². The highest BCUT2D eigenvalue weighted by molar-refractivity contribution is 7.89. The van der Waals surface area contributed by atoms with Gasteiger partial charge in [-0.25, -0.2) is 13.2 Å². The Morgan fingerprint density at radius 2 is 1.68 bits per heavy atom. The van der Waals surface area contributed by atoms with Crippen molar-refractivity contribution >= 4 is 21.9 Å². The molecule has 1 amide bonds. The Labute approximate surface area is 149 Å². The normalized spacial score (nSPS) is 12.3. The molecule has 0 atom stereocenters. The highest BCUT2D eigenvalue weighted by Crippen LogP contribution is 2.23. The highest BCUT2D eigenvalue weighted by atomic mass is 32.2. The van der Waals surface area contributed by atoms with Crippen LogP contribution in [-0.2, 0) is 14.8 Å². The van der Waals surface area contributed by atoms with Crippen LogP contribution in [0.1, 0.15) is 43.6 Å². The summed E-state index contributed by atoms with van der Waals surface area (Å²) in [5, 5.41) is 9.30. The van der Waals surface area contributed by atoms with Gasteiger partial charge in [0.2, 0.25) is 10.0 Å². The number of nitrogens with zero attached hydrogens (tertiary/aromatic N) is 2. The number of rotatable bonds is 7. The summed E-state index contributed by atoms with van der Waals surface area (Å²) in [6.07, 6.45) is 0. The lowest BCUT2D eigenvalue weighted by Gasteiger charge is -2.32. The number of carboxylic acid groups (broad SMARTS) is 1. The summed E-state index contributed by atoms with van der Waals surface area (Å²) in [6.45, 7) is 8.64. The van der Waals surface area contributed by atoms with Crippen molar-refractivity contribution in [3.63, 3.8) is 0 Å². The van der Waals surface area contributed by atoms with Crippen molar-refractivity contribution in [3.05, 3.63) is 29.3 Å². The molecule has 0 aliphatic carbocycles. The van der Waals surface area contributed by atoms with E-state index in [9.17, 15) is 23.1 Å². The molecular formula is C17H26N2O5S. The second kappa shape index (κ2) is 7.53. The number of hydrogen-bond acceptors (Lipinski definition) is 4. The zero-order valence-corrected chi connectivity index (χ0v) is 16.3. The summed E-state index contributed by atoms with van der Waals surface area (Å²) in [4.78, 5) is 25.3. The van der Waals surface area contributed by atoms with E-state index in [0.29, 0.717) is 18.7 Å². The summed E-state index contributed by atoms with van der Waals surface area (Å²) >= 11 is 0. The van der Waals surface area contributed by atoms with Crippen molar-refractivity contribution in [2.24, 2.45) is 0 Å². The fourth-order valence-corrected chi connectivity index (χ4v) is 3.77. The van der Waals surface area contributed by atoms with Crippen molar-refractivity contribution in [2.75, 3.05) is 20.1 Å². The van der Waals surface area contributed by atoms with E-state index in [2.05, 4.69) is 0 Å². The minimum absolute atomic E-state index is 0.0201. The van der Waals surface area contributed by atoms with Gasteiger partial charge in [0.05, 0.1) is 4.90 Å². The van der Waals surface area contributed by atoms with E-state index in [1.807, 2.05) is 0 Å². The zero-order chi connectivity index (χ0) is 19.6. The summed E-state index contributed by atoms with van der Waals surface area (Å²) in [5.41, 5.74) is -0.668. The number of carbonyl (C=O) groups is 2. The van der Waals surface area contributed by atoms with Gasteiger partial charge in [0.25, 0.3) is 5.91 Å². The van der Waals surface area contributed by atoms with E-state index in [4.69, 9.17) is 0 Å². The number of hydrogen-bond donors (Lipinski definition) is 1. The number of aryl methyl sites for hydroxylation is 1. The zero-order valence-electron chi connectivity index (χ0n) is 15.5. The molecule has 0 unspecified atom stereocenters. The summed E-state index contributed by atoms with van der Waals surface area (Å²) < 4.78 is 26.6. The molecule has 0 radical (unpaired) electrons. The van der Waals surface area contributed by atoms with E-state index in [1.165, 1.54) is 37.3 Å². The first-order valence-corrected chi connectivity index (χ1v) is 9.47. The second-order valence-electron chi connectivity index (χ2n) is 6.29. The molecule has 1 rings (SSSR count). The van der Waals surface area contributed by atoms with Gasteiger partial charge in [-0.2, -0.15) is 4.31 Å². The average Bonchev–Trinajstić information content (AvgIpc) is 2.54. The monoisotopic (exact) mass is 370 g/mol. The molecule has 1 aromatic rings. The first kappa shape index (κ1) is 21.1. The Kier molecular flexibility index (Phi) is 6.36. The predicted octanol–water partition coefficient (Wildman–Crippen LogP) is 1.96. The fraction of sp³-hybridized carbons (Fsp3) is 0.529. The fourth-order valence-electron chi connectivity index (χ4n) is 2.28. The molecule has 0 heterocycles. The van der Waals surface area contributed by atoms with Crippen LogP contribution in [0, 0.1) is 6.92 Å². The Morgan fingerprint density at radius 1 is 1.16 bits per heavy atom. The maximum absolute atomic E-state index is 12.8. The van der Waals surface area contributed by atoms with E-state index >= 15 is 0 Å². The Balaban J connectivity index is 3.40. The molecule has 1 aromatic carbocycles. The third-order valence-electron chi connectivity index (χ3n) is 4.45. The Hall–Kier alpha value is -1.93. The second-order valence-corrected chi connectivity index (χ2v) is 8.23. The number of amides is 1. The third kappa shape index (κ3) is 4.01. The largest absolute Gasteiger partial charge is 0.480 e. The maximum Gasteiger partial charge on any atom is 0.329 e. The first-order valence-electron chi connectivity index (χ1n) is 8.03. The molecule has 0 saturated carbocycles. The van der Waals surface area contributed by atoms with Gasteiger partial charge in [-0.1, -0.05) is 19.9 Å². The molecule has 0 aliphatic heterocycles. The van der Waals surface area contributed by atoms with Crippen LogP contribution in [0.5, 0.6) is 0 Å². The van der Waals surface area contributed by atoms with Gasteiger partial charge in [0.15, 0.2) is 0 Å². The molecule has 0 bridgehead atoms. The molecule has 1 N–H and O–H groups in total. The Morgan fingerprint density at radius 3 is 2.12 bits per heavy atom. The first-order chi connectivity index (χ1) is 11.4. The van der Waals surface area contributed by atoms with Gasteiger partial charge in [0, 0.05) is 25.7 Å². The average molecular weight is 370 g/mol. The van der Waals surface area contributed by atoms with E-state index in [1.54, 1.807) is 26.8 Å². The smallest absolute Gasteiger partial charge is 0.329 e. The highest BCUT2D eigenvalue weighted by Gasteiger charge is 2.36. The number of carbonyl (C=O) groups excluding carboxylic acids is 1. The number of benzene rings is 1. The number of sulfonamides is 1. The van der Waals surface area contributed by atoms with Gasteiger partial charge in [-0.05, 0) is 38.5 Å². The van der Waals surface area contributed by atoms with Crippen LogP contribution in [-0.4, -0.2) is 60.3 Å². The van der Waals surface area contributed by atoms with Gasteiger partial charge in [0.1, 0.15) is 5.54 Å².